The number of nitrogens with two attached hydrogens (primary N) is 1. The van der Waals surface area contributed by atoms with Crippen LogP contribution in [0, 0.1) is 0 Å². The summed E-state index contributed by atoms with van der Waals surface area (Å²) >= 11 is 0. The molecule has 1 atom stereocenters. The molecule has 1 aromatic rings. The van der Waals surface area contributed by atoms with Crippen LogP contribution in [0.25, 0.3) is 0 Å². The highest BCUT2D eigenvalue weighted by Crippen LogP contribution is 2.30. The van der Waals surface area contributed by atoms with Crippen LogP contribution in [0.3, 0.4) is 0 Å². The maximum atomic E-state index is 12.6. The Labute approximate surface area is 119 Å². The number of sulfonamides is 1. The fourth-order valence-corrected chi connectivity index (χ4v) is 2.67. The van der Waals surface area contributed by atoms with Crippen molar-refractivity contribution in [2.75, 3.05) is 13.7 Å². The molecule has 10 heteroatoms. The van der Waals surface area contributed by atoms with Crippen LogP contribution >= 0.6 is 0 Å². The molecule has 0 fully saturated rings. The van der Waals surface area contributed by atoms with Crippen molar-refractivity contribution in [3.05, 3.63) is 29.8 Å². The van der Waals surface area contributed by atoms with Crippen LogP contribution < -0.4 is 10.5 Å². The second-order valence-corrected chi connectivity index (χ2v) is 5.67. The van der Waals surface area contributed by atoms with Gasteiger partial charge in [0.1, 0.15) is 6.04 Å². The van der Waals surface area contributed by atoms with E-state index in [2.05, 4.69) is 4.74 Å². The van der Waals surface area contributed by atoms with Gasteiger partial charge in [0.05, 0.1) is 17.6 Å². The summed E-state index contributed by atoms with van der Waals surface area (Å²) in [7, 11) is -3.31. The molecule has 118 valence electrons. The molecule has 0 spiro atoms. The summed E-state index contributed by atoms with van der Waals surface area (Å²) < 4.78 is 67.8. The Hall–Kier alpha value is -1.65. The van der Waals surface area contributed by atoms with Gasteiger partial charge in [-0.05, 0) is 18.2 Å². The molecule has 0 aliphatic carbocycles. The van der Waals surface area contributed by atoms with Gasteiger partial charge in [0.2, 0.25) is 10.0 Å². The van der Waals surface area contributed by atoms with E-state index in [0.29, 0.717) is 6.07 Å². The van der Waals surface area contributed by atoms with Crippen LogP contribution in [0.15, 0.2) is 29.2 Å². The predicted molar refractivity (Wildman–Crippen MR) is 66.6 cm³/mol. The molecule has 0 aromatic heterocycles. The van der Waals surface area contributed by atoms with Gasteiger partial charge in [-0.25, -0.2) is 8.42 Å². The summed E-state index contributed by atoms with van der Waals surface area (Å²) in [6.45, 7) is -0.398. The third-order valence-corrected chi connectivity index (χ3v) is 3.96. The molecule has 0 amide bonds. The fourth-order valence-electron chi connectivity index (χ4n) is 1.43. The molecule has 0 aliphatic rings. The lowest BCUT2D eigenvalue weighted by Crippen LogP contribution is -2.46. The summed E-state index contributed by atoms with van der Waals surface area (Å²) in [5.41, 5.74) is 4.11. The van der Waals surface area contributed by atoms with Crippen molar-refractivity contribution < 1.29 is 31.1 Å². The summed E-state index contributed by atoms with van der Waals surface area (Å²) in [5.74, 6) is -0.937. The average molecular weight is 326 g/mol. The van der Waals surface area contributed by atoms with Gasteiger partial charge in [-0.2, -0.15) is 17.9 Å². The van der Waals surface area contributed by atoms with Crippen LogP contribution in [0.4, 0.5) is 13.2 Å². The van der Waals surface area contributed by atoms with E-state index in [1.165, 1.54) is 0 Å². The third-order valence-electron chi connectivity index (χ3n) is 2.49. The number of hydrogen-bond donors (Lipinski definition) is 2. The number of benzene rings is 1. The number of halogens is 3. The summed E-state index contributed by atoms with van der Waals surface area (Å²) in [5, 5.41) is 0. The second-order valence-electron chi connectivity index (χ2n) is 3.96. The molecule has 0 radical (unpaired) electrons. The van der Waals surface area contributed by atoms with Crippen LogP contribution in [0.2, 0.25) is 0 Å². The Morgan fingerprint density at radius 1 is 1.43 bits per heavy atom. The highest BCUT2D eigenvalue weighted by Gasteiger charge is 2.32. The molecule has 0 saturated heterocycles. The molecule has 6 nitrogen and oxygen atoms in total. The van der Waals surface area contributed by atoms with E-state index in [1.807, 2.05) is 4.72 Å². The quantitative estimate of drug-likeness (QED) is 0.767. The number of rotatable bonds is 5. The van der Waals surface area contributed by atoms with Crippen molar-refractivity contribution in [3.63, 3.8) is 0 Å². The first-order chi connectivity index (χ1) is 9.61. The smallest absolute Gasteiger partial charge is 0.416 e. The number of alkyl halides is 3. The van der Waals surface area contributed by atoms with Crippen LogP contribution in [0.5, 0.6) is 0 Å². The number of carbonyl (C=O) groups is 1. The van der Waals surface area contributed by atoms with E-state index in [4.69, 9.17) is 5.73 Å². The van der Waals surface area contributed by atoms with E-state index in [0.717, 1.165) is 25.3 Å². The first-order valence-corrected chi connectivity index (χ1v) is 7.07. The van der Waals surface area contributed by atoms with Crippen molar-refractivity contribution in [2.24, 2.45) is 5.73 Å². The van der Waals surface area contributed by atoms with Crippen molar-refractivity contribution in [3.8, 4) is 0 Å². The lowest BCUT2D eigenvalue weighted by molar-refractivity contribution is -0.142. The molecule has 0 aliphatic heterocycles. The van der Waals surface area contributed by atoms with Gasteiger partial charge >= 0.3 is 12.1 Å². The molecule has 1 rings (SSSR count). The molecule has 1 aromatic carbocycles. The zero-order chi connectivity index (χ0) is 16.3. The molecule has 0 heterocycles. The van der Waals surface area contributed by atoms with Gasteiger partial charge in [-0.3, -0.25) is 4.79 Å². The highest BCUT2D eigenvalue weighted by atomic mass is 32.2. The van der Waals surface area contributed by atoms with Gasteiger partial charge in [0.25, 0.3) is 0 Å². The van der Waals surface area contributed by atoms with Gasteiger partial charge in [-0.15, -0.1) is 0 Å². The molecular weight excluding hydrogens is 313 g/mol. The standard InChI is InChI=1S/C11H13F3N2O4S/c1-20-10(17)9(6-15)16-21(18,19)8-4-2-3-7(5-8)11(12,13)14/h2-5,9,16H,6,15H2,1H3/t9-/m0/s1. The number of esters is 1. The minimum Gasteiger partial charge on any atom is -0.468 e. The van der Waals surface area contributed by atoms with E-state index in [1.54, 1.807) is 0 Å². The summed E-state index contributed by atoms with van der Waals surface area (Å²) in [6.07, 6.45) is -4.68. The number of methoxy groups -OCH3 is 1. The topological polar surface area (TPSA) is 98.5 Å². The summed E-state index contributed by atoms with van der Waals surface area (Å²) in [4.78, 5) is 10.6. The monoisotopic (exact) mass is 326 g/mol. The molecule has 0 unspecified atom stereocenters. The largest absolute Gasteiger partial charge is 0.468 e. The lowest BCUT2D eigenvalue weighted by atomic mass is 10.2. The Morgan fingerprint density at radius 3 is 2.52 bits per heavy atom. The number of nitrogens with one attached hydrogen (secondary N) is 1. The summed E-state index contributed by atoms with van der Waals surface area (Å²) in [6, 6.07) is 1.75. The second kappa shape index (κ2) is 6.41. The first-order valence-electron chi connectivity index (χ1n) is 5.59. The molecule has 0 saturated carbocycles. The Morgan fingerprint density at radius 2 is 2.05 bits per heavy atom. The fraction of sp³-hybridized carbons (Fsp3) is 0.364. The minimum absolute atomic E-state index is 0.398. The van der Waals surface area contributed by atoms with E-state index < -0.39 is 45.2 Å². The number of ether oxygens (including phenoxy) is 1. The lowest BCUT2D eigenvalue weighted by Gasteiger charge is -2.15. The normalized spacial score (nSPS) is 13.8. The zero-order valence-corrected chi connectivity index (χ0v) is 11.7. The van der Waals surface area contributed by atoms with E-state index >= 15 is 0 Å². The zero-order valence-electron chi connectivity index (χ0n) is 10.8. The molecule has 21 heavy (non-hydrogen) atoms. The number of carbonyl (C=O) groups excluding carboxylic acids is 1. The SMILES string of the molecule is COC(=O)[C@H](CN)NS(=O)(=O)c1cccc(C(F)(F)F)c1. The first kappa shape index (κ1) is 17.4. The van der Waals surface area contributed by atoms with Crippen molar-refractivity contribution in [1.82, 2.24) is 4.72 Å². The maximum Gasteiger partial charge on any atom is 0.416 e. The molecule has 3 N–H and O–H groups in total. The Balaban J connectivity index is 3.11. The van der Waals surface area contributed by atoms with Gasteiger partial charge in [0.15, 0.2) is 0 Å². The van der Waals surface area contributed by atoms with Gasteiger partial charge in [0, 0.05) is 6.54 Å². The van der Waals surface area contributed by atoms with E-state index in [9.17, 15) is 26.4 Å². The van der Waals surface area contributed by atoms with Crippen LogP contribution in [-0.2, 0) is 25.7 Å². The third kappa shape index (κ3) is 4.41. The molecule has 0 bridgehead atoms. The Bertz CT molecular complexity index is 616. The van der Waals surface area contributed by atoms with Crippen molar-refractivity contribution >= 4 is 16.0 Å². The Kier molecular flexibility index (Phi) is 5.31. The van der Waals surface area contributed by atoms with E-state index in [-0.39, 0.29) is 0 Å². The minimum atomic E-state index is -4.68. The van der Waals surface area contributed by atoms with Gasteiger partial charge < -0.3 is 10.5 Å². The van der Waals surface area contributed by atoms with Gasteiger partial charge in [-0.1, -0.05) is 6.07 Å². The van der Waals surface area contributed by atoms with Crippen LogP contribution in [-0.4, -0.2) is 34.1 Å². The van der Waals surface area contributed by atoms with Crippen molar-refractivity contribution in [2.45, 2.75) is 17.1 Å². The predicted octanol–water partition coefficient (Wildman–Crippen LogP) is 0.484. The van der Waals surface area contributed by atoms with Crippen molar-refractivity contribution in [1.29, 1.82) is 0 Å². The molecular formula is C11H13F3N2O4S. The number of hydrogen-bond acceptors (Lipinski definition) is 5. The van der Waals surface area contributed by atoms with Crippen LogP contribution in [0.1, 0.15) is 5.56 Å². The highest BCUT2D eigenvalue weighted by molar-refractivity contribution is 7.89. The maximum absolute atomic E-state index is 12.6. The average Bonchev–Trinajstić information content (AvgIpc) is 2.43.